The summed E-state index contributed by atoms with van der Waals surface area (Å²) >= 11 is 8.08. The number of rotatable bonds is 9. The van der Waals surface area contributed by atoms with E-state index in [0.29, 0.717) is 29.2 Å². The molecule has 7 nitrogen and oxygen atoms in total. The summed E-state index contributed by atoms with van der Waals surface area (Å²) in [5.74, 6) is -0.0975. The third kappa shape index (κ3) is 5.63. The Morgan fingerprint density at radius 1 is 1.19 bits per heavy atom. The van der Waals surface area contributed by atoms with Crippen LogP contribution in [0.1, 0.15) is 53.6 Å². The summed E-state index contributed by atoms with van der Waals surface area (Å²) < 4.78 is 28.5. The number of fused-ring (bicyclic) bond motifs is 1. The number of aromatic nitrogens is 3. The lowest BCUT2D eigenvalue weighted by Gasteiger charge is -2.11. The minimum atomic E-state index is -3.71. The first-order valence-corrected chi connectivity index (χ1v) is 13.6. The molecule has 0 unspecified atom stereocenters. The van der Waals surface area contributed by atoms with E-state index in [1.165, 1.54) is 0 Å². The molecule has 2 heterocycles. The predicted octanol–water partition coefficient (Wildman–Crippen LogP) is 4.72. The first kappa shape index (κ1) is 24.5. The number of thioether (sulfide) groups is 1. The topological polar surface area (TPSA) is 94.0 Å². The lowest BCUT2D eigenvalue weighted by atomic mass is 10.2. The second-order valence-corrected chi connectivity index (χ2v) is 10.8. The van der Waals surface area contributed by atoms with E-state index in [0.717, 1.165) is 34.7 Å². The van der Waals surface area contributed by atoms with Gasteiger partial charge >= 0.3 is 0 Å². The average molecular weight is 495 g/mol. The number of hydrogen-bond donors (Lipinski definition) is 1. The third-order valence-electron chi connectivity index (χ3n) is 5.17. The molecule has 1 aromatic carbocycles. The van der Waals surface area contributed by atoms with Gasteiger partial charge in [-0.15, -0.1) is 11.8 Å². The molecular weight excluding hydrogens is 468 g/mol. The molecule has 0 saturated carbocycles. The molecule has 0 spiro atoms. The summed E-state index contributed by atoms with van der Waals surface area (Å²) in [7, 11) is -3.71. The molecule has 1 amide bonds. The van der Waals surface area contributed by atoms with E-state index in [4.69, 9.17) is 11.6 Å². The van der Waals surface area contributed by atoms with Crippen LogP contribution in [0.3, 0.4) is 0 Å². The molecule has 2 aromatic heterocycles. The molecule has 0 bridgehead atoms. The fourth-order valence-electron chi connectivity index (χ4n) is 3.40. The predicted molar refractivity (Wildman–Crippen MR) is 130 cm³/mol. The number of halogens is 1. The van der Waals surface area contributed by atoms with Crippen LogP contribution in [0.2, 0.25) is 5.02 Å². The van der Waals surface area contributed by atoms with Gasteiger partial charge in [-0.1, -0.05) is 37.4 Å². The van der Waals surface area contributed by atoms with Crippen LogP contribution < -0.4 is 4.72 Å². The van der Waals surface area contributed by atoms with Crippen LogP contribution >= 0.6 is 23.4 Å². The molecule has 0 atom stereocenters. The Kier molecular flexibility index (Phi) is 7.84. The number of carbonyl (C=O) groups is 1. The Morgan fingerprint density at radius 3 is 2.59 bits per heavy atom. The average Bonchev–Trinajstić information content (AvgIpc) is 3.05. The fraction of sp³-hybridized carbons (Fsp3) is 0.409. The van der Waals surface area contributed by atoms with Crippen LogP contribution in [-0.2, 0) is 16.6 Å². The van der Waals surface area contributed by atoms with Gasteiger partial charge in [0.05, 0.1) is 12.3 Å². The highest BCUT2D eigenvalue weighted by molar-refractivity contribution is 7.98. The number of imidazole rings is 1. The zero-order chi connectivity index (χ0) is 23.5. The fourth-order valence-corrected chi connectivity index (χ4v) is 5.21. The van der Waals surface area contributed by atoms with Gasteiger partial charge in [0, 0.05) is 9.92 Å². The Bertz CT molecular complexity index is 1260. The molecule has 0 radical (unpaired) electrons. The lowest BCUT2D eigenvalue weighted by molar-refractivity contribution is 0.0976. The number of benzene rings is 1. The maximum atomic E-state index is 12.7. The first-order chi connectivity index (χ1) is 15.1. The van der Waals surface area contributed by atoms with Crippen molar-refractivity contribution in [1.29, 1.82) is 0 Å². The molecular formula is C22H27ClN4O3S2. The smallest absolute Gasteiger partial charge is 0.283 e. The summed E-state index contributed by atoms with van der Waals surface area (Å²) in [5, 5.41) is 0.641. The van der Waals surface area contributed by atoms with Crippen LogP contribution in [0.25, 0.3) is 11.2 Å². The Labute approximate surface area is 198 Å². The van der Waals surface area contributed by atoms with Crippen molar-refractivity contribution in [2.75, 3.05) is 12.0 Å². The maximum Gasteiger partial charge on any atom is 0.283 e. The molecule has 172 valence electrons. The van der Waals surface area contributed by atoms with Crippen molar-refractivity contribution in [3.63, 3.8) is 0 Å². The van der Waals surface area contributed by atoms with Gasteiger partial charge in [-0.2, -0.15) is 0 Å². The number of carbonyl (C=O) groups excluding carboxylic acids is 1. The molecule has 0 saturated heterocycles. The molecule has 10 heteroatoms. The van der Waals surface area contributed by atoms with E-state index in [2.05, 4.69) is 14.7 Å². The monoisotopic (exact) mass is 494 g/mol. The van der Waals surface area contributed by atoms with Gasteiger partial charge < -0.3 is 4.57 Å². The highest BCUT2D eigenvalue weighted by Crippen LogP contribution is 2.26. The quantitative estimate of drug-likeness (QED) is 0.341. The number of sulfonamides is 1. The van der Waals surface area contributed by atoms with Crippen molar-refractivity contribution >= 4 is 50.5 Å². The van der Waals surface area contributed by atoms with Crippen molar-refractivity contribution in [1.82, 2.24) is 19.3 Å². The highest BCUT2D eigenvalue weighted by atomic mass is 35.5. The van der Waals surface area contributed by atoms with E-state index >= 15 is 0 Å². The second-order valence-electron chi connectivity index (χ2n) is 7.66. The molecule has 1 N–H and O–H groups in total. The zero-order valence-corrected chi connectivity index (χ0v) is 21.0. The van der Waals surface area contributed by atoms with Crippen LogP contribution in [0.4, 0.5) is 0 Å². The van der Waals surface area contributed by atoms with E-state index in [1.54, 1.807) is 17.8 Å². The van der Waals surface area contributed by atoms with Crippen molar-refractivity contribution in [2.24, 2.45) is 0 Å². The molecule has 0 aliphatic heterocycles. The molecule has 0 aliphatic rings. The molecule has 3 rings (SSSR count). The van der Waals surface area contributed by atoms with E-state index in [9.17, 15) is 13.2 Å². The van der Waals surface area contributed by atoms with Crippen LogP contribution in [0.5, 0.6) is 0 Å². The maximum absolute atomic E-state index is 12.7. The molecule has 0 fully saturated rings. The molecule has 0 aliphatic carbocycles. The number of unbranched alkanes of at least 4 members (excludes halogenated alkanes) is 2. The SMILES string of the molecule is CCCCCS(=O)(=O)NC(=O)c1cc(C)c2nc(C)n(Cc3ccc(SC)cc3Cl)c2n1. The normalized spacial score (nSPS) is 11.8. The van der Waals surface area contributed by atoms with Gasteiger partial charge in [0.25, 0.3) is 5.91 Å². The number of amides is 1. The van der Waals surface area contributed by atoms with Gasteiger partial charge in [-0.25, -0.2) is 23.1 Å². The zero-order valence-electron chi connectivity index (χ0n) is 18.6. The number of pyridine rings is 1. The Hall–Kier alpha value is -2.10. The summed E-state index contributed by atoms with van der Waals surface area (Å²) in [6.07, 6.45) is 4.18. The summed E-state index contributed by atoms with van der Waals surface area (Å²) in [6.45, 7) is 6.11. The van der Waals surface area contributed by atoms with Crippen molar-refractivity contribution < 1.29 is 13.2 Å². The van der Waals surface area contributed by atoms with E-state index < -0.39 is 15.9 Å². The number of hydrogen-bond acceptors (Lipinski definition) is 6. The van der Waals surface area contributed by atoms with Gasteiger partial charge in [-0.3, -0.25) is 4.79 Å². The Morgan fingerprint density at radius 2 is 1.94 bits per heavy atom. The van der Waals surface area contributed by atoms with Crippen molar-refractivity contribution in [3.8, 4) is 0 Å². The summed E-state index contributed by atoms with van der Waals surface area (Å²) in [6, 6.07) is 7.44. The number of aryl methyl sites for hydroxylation is 2. The lowest BCUT2D eigenvalue weighted by Crippen LogP contribution is -2.33. The Balaban J connectivity index is 1.94. The minimum Gasteiger partial charge on any atom is -0.308 e. The molecule has 32 heavy (non-hydrogen) atoms. The largest absolute Gasteiger partial charge is 0.308 e. The number of nitrogens with one attached hydrogen (secondary N) is 1. The number of nitrogens with zero attached hydrogens (tertiary/aromatic N) is 3. The van der Waals surface area contributed by atoms with Gasteiger partial charge in [0.2, 0.25) is 10.0 Å². The second kappa shape index (κ2) is 10.2. The van der Waals surface area contributed by atoms with Crippen molar-refractivity contribution in [3.05, 3.63) is 51.9 Å². The van der Waals surface area contributed by atoms with Gasteiger partial charge in [-0.05, 0) is 55.9 Å². The van der Waals surface area contributed by atoms with Crippen LogP contribution in [-0.4, -0.2) is 40.9 Å². The summed E-state index contributed by atoms with van der Waals surface area (Å²) in [4.78, 5) is 22.8. The first-order valence-electron chi connectivity index (χ1n) is 10.4. The van der Waals surface area contributed by atoms with Gasteiger partial charge in [0.1, 0.15) is 17.0 Å². The van der Waals surface area contributed by atoms with E-state index in [1.807, 2.05) is 49.8 Å². The van der Waals surface area contributed by atoms with E-state index in [-0.39, 0.29) is 11.4 Å². The summed E-state index contributed by atoms with van der Waals surface area (Å²) in [5.41, 5.74) is 2.87. The van der Waals surface area contributed by atoms with Crippen molar-refractivity contribution in [2.45, 2.75) is 51.5 Å². The van der Waals surface area contributed by atoms with Crippen LogP contribution in [0.15, 0.2) is 29.2 Å². The standard InChI is InChI=1S/C22H27ClN4O3S2/c1-5-6-7-10-32(29,30)26-22(28)19-11-14(2)20-21(25-19)27(15(3)24-20)13-16-8-9-17(31-4)12-18(16)23/h8-9,11-12H,5-7,10,13H2,1-4H3,(H,26,28). The van der Waals surface area contributed by atoms with Crippen LogP contribution in [0, 0.1) is 13.8 Å². The third-order valence-corrected chi connectivity index (χ3v) is 7.57. The minimum absolute atomic E-state index is 0.0408. The molecule has 3 aromatic rings. The van der Waals surface area contributed by atoms with Gasteiger partial charge in [0.15, 0.2) is 5.65 Å². The highest BCUT2D eigenvalue weighted by Gasteiger charge is 2.20.